The summed E-state index contributed by atoms with van der Waals surface area (Å²) in [5.74, 6) is -0.151. The lowest BCUT2D eigenvalue weighted by atomic mass is 9.97. The number of benzene rings is 1. The Morgan fingerprint density at radius 1 is 1.14 bits per heavy atom. The molecule has 1 heterocycles. The molecule has 2 rings (SSSR count). The van der Waals surface area contributed by atoms with E-state index >= 15 is 0 Å². The van der Waals surface area contributed by atoms with Crippen LogP contribution in [0, 0.1) is 12.7 Å². The van der Waals surface area contributed by atoms with Gasteiger partial charge in [0.2, 0.25) is 0 Å². The van der Waals surface area contributed by atoms with E-state index in [-0.39, 0.29) is 5.82 Å². The molecular weight excluding hydrogens is 275 g/mol. The Morgan fingerprint density at radius 3 is 2.55 bits per heavy atom. The highest BCUT2D eigenvalue weighted by atomic mass is 19.1. The fourth-order valence-electron chi connectivity index (χ4n) is 3.43. The molecule has 22 heavy (non-hydrogen) atoms. The quantitative estimate of drug-likeness (QED) is 0.647. The van der Waals surface area contributed by atoms with Crippen LogP contribution in [0.4, 0.5) is 10.1 Å². The maximum atomic E-state index is 13.4. The van der Waals surface area contributed by atoms with Crippen LogP contribution < -0.4 is 5.32 Å². The molecular formula is C19H31FN2. The first-order valence-corrected chi connectivity index (χ1v) is 8.90. The Labute approximate surface area is 135 Å². The number of hydrogen-bond donors (Lipinski definition) is 1. The summed E-state index contributed by atoms with van der Waals surface area (Å²) in [6.45, 7) is 8.66. The molecule has 0 radical (unpaired) electrons. The summed E-state index contributed by atoms with van der Waals surface area (Å²) in [5, 5.41) is 3.47. The summed E-state index contributed by atoms with van der Waals surface area (Å²) in [4.78, 5) is 2.60. The molecule has 0 aliphatic carbocycles. The zero-order valence-corrected chi connectivity index (χ0v) is 14.4. The molecule has 1 atom stereocenters. The van der Waals surface area contributed by atoms with Gasteiger partial charge in [-0.25, -0.2) is 4.39 Å². The topological polar surface area (TPSA) is 15.3 Å². The molecule has 2 nitrogen and oxygen atoms in total. The van der Waals surface area contributed by atoms with E-state index in [0.717, 1.165) is 30.4 Å². The van der Waals surface area contributed by atoms with Crippen molar-refractivity contribution in [3.8, 4) is 0 Å². The molecule has 3 heteroatoms. The predicted octanol–water partition coefficient (Wildman–Crippen LogP) is 4.98. The lowest BCUT2D eigenvalue weighted by Gasteiger charge is -2.45. The van der Waals surface area contributed by atoms with Gasteiger partial charge in [-0.05, 0) is 43.5 Å². The summed E-state index contributed by atoms with van der Waals surface area (Å²) in [5.41, 5.74) is 1.89. The third-order valence-corrected chi connectivity index (χ3v) is 4.60. The van der Waals surface area contributed by atoms with Crippen LogP contribution in [-0.4, -0.2) is 30.1 Å². The normalized spacial score (nSPS) is 17.3. The standard InChI is InChI=1S/C19H31FN2/c1-4-6-7-9-19(8-5-2)22-13-18(14-22)21-17-11-15(3)10-16(20)12-17/h10-12,18-19,21H,4-9,13-14H2,1-3H3. The van der Waals surface area contributed by atoms with Gasteiger partial charge in [0.05, 0.1) is 6.04 Å². The summed E-state index contributed by atoms with van der Waals surface area (Å²) < 4.78 is 13.4. The summed E-state index contributed by atoms with van der Waals surface area (Å²) in [7, 11) is 0. The van der Waals surface area contributed by atoms with Crippen LogP contribution >= 0.6 is 0 Å². The van der Waals surface area contributed by atoms with Gasteiger partial charge >= 0.3 is 0 Å². The van der Waals surface area contributed by atoms with E-state index in [4.69, 9.17) is 0 Å². The van der Waals surface area contributed by atoms with Gasteiger partial charge in [-0.2, -0.15) is 0 Å². The van der Waals surface area contributed by atoms with Gasteiger partial charge in [-0.15, -0.1) is 0 Å². The minimum absolute atomic E-state index is 0.151. The number of aryl methyl sites for hydroxylation is 1. The van der Waals surface area contributed by atoms with E-state index in [1.54, 1.807) is 12.1 Å². The van der Waals surface area contributed by atoms with Crippen molar-refractivity contribution in [2.45, 2.75) is 71.4 Å². The highest BCUT2D eigenvalue weighted by Crippen LogP contribution is 2.24. The van der Waals surface area contributed by atoms with Crippen molar-refractivity contribution >= 4 is 5.69 Å². The zero-order chi connectivity index (χ0) is 15.9. The lowest BCUT2D eigenvalue weighted by Crippen LogP contribution is -2.58. The maximum absolute atomic E-state index is 13.4. The maximum Gasteiger partial charge on any atom is 0.125 e. The predicted molar refractivity (Wildman–Crippen MR) is 93.0 cm³/mol. The lowest BCUT2D eigenvalue weighted by molar-refractivity contribution is 0.0891. The van der Waals surface area contributed by atoms with E-state index < -0.39 is 0 Å². The fraction of sp³-hybridized carbons (Fsp3) is 0.684. The van der Waals surface area contributed by atoms with E-state index in [2.05, 4.69) is 24.1 Å². The average Bonchev–Trinajstić information content (AvgIpc) is 2.41. The number of anilines is 1. The minimum atomic E-state index is -0.151. The number of unbranched alkanes of at least 4 members (excludes halogenated alkanes) is 2. The second-order valence-electron chi connectivity index (χ2n) is 6.75. The van der Waals surface area contributed by atoms with E-state index in [0.29, 0.717) is 6.04 Å². The zero-order valence-electron chi connectivity index (χ0n) is 14.4. The first kappa shape index (κ1) is 17.3. The van der Waals surface area contributed by atoms with Gasteiger partial charge in [0.25, 0.3) is 0 Å². The van der Waals surface area contributed by atoms with Crippen LogP contribution in [0.2, 0.25) is 0 Å². The summed E-state index contributed by atoms with van der Waals surface area (Å²) in [6.07, 6.45) is 7.87. The van der Waals surface area contributed by atoms with Crippen LogP contribution in [0.25, 0.3) is 0 Å². The number of nitrogens with one attached hydrogen (secondary N) is 1. The Kier molecular flexibility index (Phi) is 6.69. The molecule has 0 spiro atoms. The van der Waals surface area contributed by atoms with Crippen molar-refractivity contribution in [3.63, 3.8) is 0 Å². The first-order chi connectivity index (χ1) is 10.6. The monoisotopic (exact) mass is 306 g/mol. The summed E-state index contributed by atoms with van der Waals surface area (Å²) >= 11 is 0. The molecule has 1 aliphatic rings. The van der Waals surface area contributed by atoms with Crippen LogP contribution in [0.3, 0.4) is 0 Å². The highest BCUT2D eigenvalue weighted by molar-refractivity contribution is 5.47. The Balaban J connectivity index is 1.79. The van der Waals surface area contributed by atoms with Gasteiger partial charge in [-0.3, -0.25) is 4.90 Å². The van der Waals surface area contributed by atoms with Crippen molar-refractivity contribution in [1.82, 2.24) is 4.90 Å². The molecule has 0 aromatic heterocycles. The van der Waals surface area contributed by atoms with Gasteiger partial charge in [-0.1, -0.05) is 39.5 Å². The van der Waals surface area contributed by atoms with Crippen molar-refractivity contribution in [2.24, 2.45) is 0 Å². The molecule has 1 fully saturated rings. The van der Waals surface area contributed by atoms with E-state index in [1.807, 2.05) is 13.0 Å². The summed E-state index contributed by atoms with van der Waals surface area (Å²) in [6, 6.07) is 6.40. The molecule has 1 aromatic rings. The van der Waals surface area contributed by atoms with Gasteiger partial charge in [0, 0.05) is 24.8 Å². The molecule has 1 saturated heterocycles. The number of nitrogens with zero attached hydrogens (tertiary/aromatic N) is 1. The van der Waals surface area contributed by atoms with Crippen molar-refractivity contribution in [2.75, 3.05) is 18.4 Å². The average molecular weight is 306 g/mol. The molecule has 0 amide bonds. The molecule has 0 bridgehead atoms. The third-order valence-electron chi connectivity index (χ3n) is 4.60. The van der Waals surface area contributed by atoms with Gasteiger partial charge in [0.15, 0.2) is 0 Å². The fourth-order valence-corrected chi connectivity index (χ4v) is 3.43. The molecule has 1 unspecified atom stereocenters. The number of hydrogen-bond acceptors (Lipinski definition) is 2. The molecule has 1 aliphatic heterocycles. The third kappa shape index (κ3) is 4.98. The van der Waals surface area contributed by atoms with E-state index in [9.17, 15) is 4.39 Å². The Hall–Kier alpha value is -1.09. The highest BCUT2D eigenvalue weighted by Gasteiger charge is 2.31. The Bertz CT molecular complexity index is 434. The van der Waals surface area contributed by atoms with Crippen LogP contribution in [0.15, 0.2) is 18.2 Å². The SMILES string of the molecule is CCCCCC(CCC)N1CC(Nc2cc(C)cc(F)c2)C1. The van der Waals surface area contributed by atoms with Crippen molar-refractivity contribution < 1.29 is 4.39 Å². The second-order valence-corrected chi connectivity index (χ2v) is 6.75. The minimum Gasteiger partial charge on any atom is -0.380 e. The second kappa shape index (κ2) is 8.52. The van der Waals surface area contributed by atoms with Crippen molar-refractivity contribution in [1.29, 1.82) is 0 Å². The number of likely N-dealkylation sites (tertiary alicyclic amines) is 1. The largest absolute Gasteiger partial charge is 0.380 e. The van der Waals surface area contributed by atoms with Crippen LogP contribution in [-0.2, 0) is 0 Å². The van der Waals surface area contributed by atoms with Gasteiger partial charge in [0.1, 0.15) is 5.82 Å². The number of halogens is 1. The molecule has 124 valence electrons. The first-order valence-electron chi connectivity index (χ1n) is 8.90. The van der Waals surface area contributed by atoms with E-state index in [1.165, 1.54) is 38.5 Å². The van der Waals surface area contributed by atoms with Crippen molar-refractivity contribution in [3.05, 3.63) is 29.6 Å². The van der Waals surface area contributed by atoms with Gasteiger partial charge < -0.3 is 5.32 Å². The smallest absolute Gasteiger partial charge is 0.125 e. The molecule has 1 aromatic carbocycles. The molecule has 1 N–H and O–H groups in total. The van der Waals surface area contributed by atoms with Crippen LogP contribution in [0.1, 0.15) is 57.9 Å². The van der Waals surface area contributed by atoms with Crippen LogP contribution in [0.5, 0.6) is 0 Å². The Morgan fingerprint density at radius 2 is 1.91 bits per heavy atom. The molecule has 0 saturated carbocycles. The number of rotatable bonds is 9.